The summed E-state index contributed by atoms with van der Waals surface area (Å²) < 4.78 is 28.8. The van der Waals surface area contributed by atoms with Crippen molar-refractivity contribution in [3.63, 3.8) is 0 Å². The van der Waals surface area contributed by atoms with Gasteiger partial charge in [0.1, 0.15) is 23.5 Å². The summed E-state index contributed by atoms with van der Waals surface area (Å²) in [6.45, 7) is 6.50. The van der Waals surface area contributed by atoms with Gasteiger partial charge in [-0.3, -0.25) is 9.20 Å². The minimum absolute atomic E-state index is 0.207. The number of aliphatic carboxylic acids is 1. The molecule has 0 atom stereocenters. The maximum atomic E-state index is 14.4. The Kier molecular flexibility index (Phi) is 7.80. The number of carboxylic acids is 1. The third-order valence-electron chi connectivity index (χ3n) is 8.72. The summed E-state index contributed by atoms with van der Waals surface area (Å²) in [5, 5.41) is 20.0. The number of piperidine rings is 1. The first kappa shape index (κ1) is 28.7. The Hall–Kier alpha value is -4.42. The minimum Gasteiger partial charge on any atom is -0.493 e. The van der Waals surface area contributed by atoms with E-state index in [0.29, 0.717) is 65.6 Å². The van der Waals surface area contributed by atoms with Gasteiger partial charge in [0, 0.05) is 42.6 Å². The van der Waals surface area contributed by atoms with Gasteiger partial charge in [0.15, 0.2) is 5.65 Å². The number of imidazole rings is 1. The molecule has 0 amide bonds. The van der Waals surface area contributed by atoms with Crippen LogP contribution in [0.1, 0.15) is 55.7 Å². The molecule has 0 unspecified atom stereocenters. The number of fused-ring (bicyclic) bond motifs is 8. The number of pyridine rings is 1. The van der Waals surface area contributed by atoms with Crippen LogP contribution in [-0.2, 0) is 16.0 Å². The largest absolute Gasteiger partial charge is 0.493 e. The maximum Gasteiger partial charge on any atom is 0.307 e. The van der Waals surface area contributed by atoms with Crippen LogP contribution in [0.2, 0.25) is 0 Å². The number of hydrogen-bond donors (Lipinski definition) is 1. The van der Waals surface area contributed by atoms with Gasteiger partial charge in [-0.05, 0) is 81.3 Å². The fourth-order valence-corrected chi connectivity index (χ4v) is 6.25. The normalized spacial score (nSPS) is 16.8. The molecular weight excluding hydrogens is 547 g/mol. The van der Waals surface area contributed by atoms with Crippen LogP contribution >= 0.6 is 0 Å². The van der Waals surface area contributed by atoms with Gasteiger partial charge in [0.2, 0.25) is 0 Å². The van der Waals surface area contributed by atoms with Gasteiger partial charge in [-0.1, -0.05) is 18.2 Å². The van der Waals surface area contributed by atoms with Crippen LogP contribution in [0.25, 0.3) is 28.0 Å². The van der Waals surface area contributed by atoms with Crippen molar-refractivity contribution >= 4 is 17.4 Å². The monoisotopic (exact) mass is 582 g/mol. The van der Waals surface area contributed by atoms with E-state index in [2.05, 4.69) is 17.9 Å². The standard InChI is InChI=1S/C34H35FN4O4/c1-22-26(19-31(40)41)33-38-13-11-34(2,12-14-38)43-16-5-3-4-15-42-30-10-9-25(35)18-27(30)23-7-6-8-24(17-23)29-21-39(33)32(37-29)28(22)20-36/h6-10,17-18,21H,3-5,11-16,19H2,1-2H3,(H,40,41). The van der Waals surface area contributed by atoms with Gasteiger partial charge in [-0.2, -0.15) is 5.26 Å². The summed E-state index contributed by atoms with van der Waals surface area (Å²) in [4.78, 5) is 19.2. The molecule has 2 aromatic carbocycles. The quantitative estimate of drug-likeness (QED) is 0.286. The second-order valence-electron chi connectivity index (χ2n) is 11.7. The van der Waals surface area contributed by atoms with E-state index in [-0.39, 0.29) is 17.8 Å². The summed E-state index contributed by atoms with van der Waals surface area (Å²) in [5.41, 5.74) is 4.66. The lowest BCUT2D eigenvalue weighted by molar-refractivity contribution is -0.136. The zero-order valence-electron chi connectivity index (χ0n) is 24.5. The van der Waals surface area contributed by atoms with E-state index in [1.165, 1.54) is 12.1 Å². The number of halogens is 1. The average Bonchev–Trinajstić information content (AvgIpc) is 3.43. The molecule has 7 rings (SSSR count). The fraction of sp³-hybridized carbons (Fsp3) is 0.382. The van der Waals surface area contributed by atoms with E-state index >= 15 is 0 Å². The minimum atomic E-state index is -0.958. The number of nitrogens with zero attached hydrogens (tertiary/aromatic N) is 4. The van der Waals surface area contributed by atoms with E-state index in [1.807, 2.05) is 34.9 Å². The van der Waals surface area contributed by atoms with E-state index in [9.17, 15) is 19.6 Å². The Bertz CT molecular complexity index is 1730. The van der Waals surface area contributed by atoms with Crippen LogP contribution in [0.15, 0.2) is 48.7 Å². The molecule has 1 N–H and O–H groups in total. The summed E-state index contributed by atoms with van der Waals surface area (Å²) in [5.74, 6) is 0.0516. The molecule has 4 aromatic rings. The summed E-state index contributed by atoms with van der Waals surface area (Å²) in [6.07, 6.45) is 5.98. The predicted molar refractivity (Wildman–Crippen MR) is 162 cm³/mol. The third-order valence-corrected chi connectivity index (χ3v) is 8.72. The first-order valence-corrected chi connectivity index (χ1v) is 14.8. The fourth-order valence-electron chi connectivity index (χ4n) is 6.25. The first-order valence-electron chi connectivity index (χ1n) is 14.8. The summed E-state index contributed by atoms with van der Waals surface area (Å²) in [7, 11) is 0. The van der Waals surface area contributed by atoms with Crippen molar-refractivity contribution in [3.05, 3.63) is 71.2 Å². The molecule has 222 valence electrons. The number of rotatable bonds is 2. The maximum absolute atomic E-state index is 14.4. The van der Waals surface area contributed by atoms with Gasteiger partial charge in [0.05, 0.1) is 29.9 Å². The number of hydrogen-bond acceptors (Lipinski definition) is 6. The van der Waals surface area contributed by atoms with E-state index in [4.69, 9.17) is 14.5 Å². The second-order valence-corrected chi connectivity index (χ2v) is 11.7. The highest BCUT2D eigenvalue weighted by atomic mass is 19.1. The number of anilines is 1. The van der Waals surface area contributed by atoms with Crippen molar-refractivity contribution in [1.29, 1.82) is 5.26 Å². The van der Waals surface area contributed by atoms with Crippen LogP contribution in [-0.4, -0.2) is 52.4 Å². The molecule has 8 nitrogen and oxygen atoms in total. The average molecular weight is 583 g/mol. The first-order chi connectivity index (χ1) is 20.8. The number of carboxylic acid groups (broad SMARTS) is 1. The van der Waals surface area contributed by atoms with Gasteiger partial charge in [-0.25, -0.2) is 9.37 Å². The van der Waals surface area contributed by atoms with Gasteiger partial charge < -0.3 is 19.5 Å². The SMILES string of the molecule is Cc1c(CC(=O)O)c2n3cc(nc3c1C#N)-c1cccc(c1)-c1cc(F)ccc1OCCCCCOC1(C)CCN2CC1. The van der Waals surface area contributed by atoms with Crippen LogP contribution < -0.4 is 9.64 Å². The van der Waals surface area contributed by atoms with Crippen molar-refractivity contribution in [1.82, 2.24) is 9.38 Å². The molecule has 9 heteroatoms. The molecule has 0 spiro atoms. The van der Waals surface area contributed by atoms with Crippen LogP contribution in [0, 0.1) is 24.1 Å². The third kappa shape index (κ3) is 5.67. The molecule has 6 bridgehead atoms. The van der Waals surface area contributed by atoms with Crippen molar-refractivity contribution in [2.45, 2.75) is 58.0 Å². The van der Waals surface area contributed by atoms with Crippen LogP contribution in [0.4, 0.5) is 10.2 Å². The molecule has 0 aliphatic carbocycles. The number of aromatic nitrogens is 2. The molecule has 5 heterocycles. The molecule has 43 heavy (non-hydrogen) atoms. The molecule has 2 aromatic heterocycles. The lowest BCUT2D eigenvalue weighted by atomic mass is 9.92. The lowest BCUT2D eigenvalue weighted by Gasteiger charge is -2.41. The zero-order valence-corrected chi connectivity index (χ0v) is 24.5. The number of ether oxygens (including phenoxy) is 2. The lowest BCUT2D eigenvalue weighted by Crippen LogP contribution is -2.45. The number of nitriles is 1. The van der Waals surface area contributed by atoms with Crippen molar-refractivity contribution in [3.8, 4) is 34.2 Å². The van der Waals surface area contributed by atoms with Gasteiger partial charge in [-0.15, -0.1) is 0 Å². The number of benzene rings is 2. The highest BCUT2D eigenvalue weighted by Gasteiger charge is 2.34. The molecule has 3 aliphatic heterocycles. The highest BCUT2D eigenvalue weighted by molar-refractivity contribution is 5.80. The topological polar surface area (TPSA) is 100 Å². The Balaban J connectivity index is 1.54. The molecule has 3 aliphatic rings. The smallest absolute Gasteiger partial charge is 0.307 e. The van der Waals surface area contributed by atoms with Crippen molar-refractivity contribution in [2.75, 3.05) is 31.2 Å². The van der Waals surface area contributed by atoms with Crippen molar-refractivity contribution < 1.29 is 23.8 Å². The number of carbonyl (C=O) groups is 1. The van der Waals surface area contributed by atoms with Crippen LogP contribution in [0.3, 0.4) is 0 Å². The molecule has 0 saturated carbocycles. The molecule has 0 radical (unpaired) electrons. The van der Waals surface area contributed by atoms with Gasteiger partial charge in [0.25, 0.3) is 0 Å². The van der Waals surface area contributed by atoms with Crippen molar-refractivity contribution in [2.24, 2.45) is 0 Å². The Labute approximate surface area is 250 Å². The Morgan fingerprint density at radius 2 is 1.88 bits per heavy atom. The zero-order chi connectivity index (χ0) is 30.1. The molecule has 1 fully saturated rings. The Morgan fingerprint density at radius 3 is 2.65 bits per heavy atom. The van der Waals surface area contributed by atoms with Crippen LogP contribution in [0.5, 0.6) is 5.75 Å². The highest BCUT2D eigenvalue weighted by Crippen LogP contribution is 2.38. The second kappa shape index (κ2) is 11.7. The van der Waals surface area contributed by atoms with E-state index in [1.54, 1.807) is 13.0 Å². The predicted octanol–water partition coefficient (Wildman–Crippen LogP) is 6.55. The van der Waals surface area contributed by atoms with E-state index in [0.717, 1.165) is 49.0 Å². The Morgan fingerprint density at radius 1 is 1.12 bits per heavy atom. The molecular formula is C34H35FN4O4. The summed E-state index contributed by atoms with van der Waals surface area (Å²) in [6, 6.07) is 14.5. The van der Waals surface area contributed by atoms with E-state index < -0.39 is 5.97 Å². The summed E-state index contributed by atoms with van der Waals surface area (Å²) >= 11 is 0. The van der Waals surface area contributed by atoms with Gasteiger partial charge >= 0.3 is 5.97 Å². The molecule has 1 saturated heterocycles.